The molecule has 0 radical (unpaired) electrons. The first-order valence-corrected chi connectivity index (χ1v) is 17.2. The van der Waals surface area contributed by atoms with Gasteiger partial charge in [0.1, 0.15) is 35.3 Å². The molecule has 13 heteroatoms. The van der Waals surface area contributed by atoms with Crippen LogP contribution >= 0.6 is 11.6 Å². The second-order valence-electron chi connectivity index (χ2n) is 14.4. The molecule has 2 N–H and O–H groups in total. The van der Waals surface area contributed by atoms with Gasteiger partial charge >= 0.3 is 12.1 Å². The van der Waals surface area contributed by atoms with Gasteiger partial charge < -0.3 is 20.1 Å². The summed E-state index contributed by atoms with van der Waals surface area (Å²) in [6, 6.07) is 9.83. The van der Waals surface area contributed by atoms with E-state index in [1.807, 2.05) is 29.2 Å². The SMILES string of the molecule is CN(c1nc(OCC23CCCN2CCC3)nc2c(F)c(-c3cccc4cccc(Cl)c34)ncc12)[C@@H]1C[C@H](C(N)=O)N(C(=O)OC(C)(C)C)C1. The Morgan fingerprint density at radius 2 is 1.84 bits per heavy atom. The third-order valence-electron chi connectivity index (χ3n) is 10.2. The van der Waals surface area contributed by atoms with Gasteiger partial charge in [0.2, 0.25) is 5.91 Å². The summed E-state index contributed by atoms with van der Waals surface area (Å²) >= 11 is 6.62. The Kier molecular flexibility index (Phi) is 8.51. The van der Waals surface area contributed by atoms with Gasteiger partial charge in [0, 0.05) is 35.8 Å². The van der Waals surface area contributed by atoms with Gasteiger partial charge in [-0.2, -0.15) is 9.97 Å². The molecule has 2 amide bonds. The van der Waals surface area contributed by atoms with Crippen molar-refractivity contribution in [2.45, 2.75) is 76.1 Å². The van der Waals surface area contributed by atoms with Gasteiger partial charge in [-0.1, -0.05) is 41.9 Å². The first-order chi connectivity index (χ1) is 23.3. The Balaban J connectivity index is 1.31. The van der Waals surface area contributed by atoms with Gasteiger partial charge in [-0.15, -0.1) is 0 Å². The summed E-state index contributed by atoms with van der Waals surface area (Å²) in [6.07, 6.45) is 5.40. The van der Waals surface area contributed by atoms with Crippen LogP contribution in [0.4, 0.5) is 15.0 Å². The van der Waals surface area contributed by atoms with Crippen LogP contribution in [0.15, 0.2) is 42.6 Å². The van der Waals surface area contributed by atoms with Gasteiger partial charge in [-0.3, -0.25) is 19.6 Å². The standard InChI is InChI=1S/C36H41ClFN7O4/c1-35(2,3)49-34(47)45-19-22(17-26(45)31(39)46)43(4)32-24-18-40-29(23-11-5-9-21-10-6-12-25(37)27(21)23)28(38)30(24)41-33(42-32)48-20-36-13-7-15-44(36)16-8-14-36/h5-6,9-12,18,22,26H,7-8,13-17,19-20H2,1-4H3,(H2,39,46)/t22-,26-/m1/s1. The topological polar surface area (TPSA) is 127 Å². The van der Waals surface area contributed by atoms with Crippen LogP contribution in [0.25, 0.3) is 32.9 Å². The Morgan fingerprint density at radius 1 is 1.12 bits per heavy atom. The van der Waals surface area contributed by atoms with E-state index in [0.29, 0.717) is 33.8 Å². The number of carbonyl (C=O) groups excluding carboxylic acids is 2. The number of hydrogen-bond acceptors (Lipinski definition) is 9. The summed E-state index contributed by atoms with van der Waals surface area (Å²) in [7, 11) is 1.79. The molecule has 11 nitrogen and oxygen atoms in total. The quantitative estimate of drug-likeness (QED) is 0.251. The van der Waals surface area contributed by atoms with E-state index in [4.69, 9.17) is 31.8 Å². The van der Waals surface area contributed by atoms with E-state index in [1.54, 1.807) is 46.1 Å². The Bertz CT molecular complexity index is 1940. The lowest BCUT2D eigenvalue weighted by molar-refractivity contribution is -0.122. The number of primary amides is 1. The zero-order chi connectivity index (χ0) is 34.7. The van der Waals surface area contributed by atoms with Crippen molar-refractivity contribution in [2.75, 3.05) is 38.2 Å². The minimum absolute atomic E-state index is 0.0431. The lowest BCUT2D eigenvalue weighted by Gasteiger charge is -2.31. The van der Waals surface area contributed by atoms with Gasteiger partial charge in [-0.05, 0) is 77.4 Å². The smallest absolute Gasteiger partial charge is 0.411 e. The van der Waals surface area contributed by atoms with E-state index >= 15 is 4.39 Å². The van der Waals surface area contributed by atoms with Crippen molar-refractivity contribution in [1.82, 2.24) is 24.8 Å². The average Bonchev–Trinajstić information content (AvgIpc) is 3.78. The zero-order valence-corrected chi connectivity index (χ0v) is 29.0. The fourth-order valence-electron chi connectivity index (χ4n) is 7.75. The maximum Gasteiger partial charge on any atom is 0.411 e. The van der Waals surface area contributed by atoms with E-state index in [2.05, 4.69) is 14.9 Å². The summed E-state index contributed by atoms with van der Waals surface area (Å²) in [5.74, 6) is -0.910. The molecule has 0 saturated carbocycles. The van der Waals surface area contributed by atoms with Crippen LogP contribution in [0.5, 0.6) is 6.01 Å². The molecule has 0 unspecified atom stereocenters. The fraction of sp³-hybridized carbons (Fsp3) is 0.472. The van der Waals surface area contributed by atoms with Gasteiger partial charge in [-0.25, -0.2) is 9.18 Å². The predicted octanol–water partition coefficient (Wildman–Crippen LogP) is 5.94. The summed E-state index contributed by atoms with van der Waals surface area (Å²) in [4.78, 5) is 45.4. The molecular weight excluding hydrogens is 649 g/mol. The third kappa shape index (κ3) is 6.09. The van der Waals surface area contributed by atoms with E-state index in [9.17, 15) is 9.59 Å². The van der Waals surface area contributed by atoms with E-state index in [1.165, 1.54) is 4.90 Å². The van der Waals surface area contributed by atoms with E-state index < -0.39 is 35.5 Å². The van der Waals surface area contributed by atoms with Crippen molar-refractivity contribution in [2.24, 2.45) is 5.73 Å². The number of amides is 2. The highest BCUT2D eigenvalue weighted by molar-refractivity contribution is 6.36. The third-order valence-corrected chi connectivity index (χ3v) is 10.5. The van der Waals surface area contributed by atoms with Gasteiger partial charge in [0.15, 0.2) is 5.82 Å². The number of ether oxygens (including phenoxy) is 2. The largest absolute Gasteiger partial charge is 0.461 e. The highest BCUT2D eigenvalue weighted by Crippen LogP contribution is 2.41. The maximum atomic E-state index is 16.9. The van der Waals surface area contributed by atoms with E-state index in [0.717, 1.165) is 44.2 Å². The van der Waals surface area contributed by atoms with Crippen LogP contribution in [0.1, 0.15) is 52.9 Å². The number of pyridine rings is 1. The number of anilines is 1. The molecule has 0 spiro atoms. The van der Waals surface area contributed by atoms with Crippen LogP contribution in [0.3, 0.4) is 0 Å². The molecule has 2 aromatic carbocycles. The molecule has 2 aromatic heterocycles. The maximum absolute atomic E-state index is 16.9. The minimum atomic E-state index is -0.890. The van der Waals surface area contributed by atoms with Crippen LogP contribution in [-0.2, 0) is 9.53 Å². The zero-order valence-electron chi connectivity index (χ0n) is 28.2. The summed E-state index contributed by atoms with van der Waals surface area (Å²) in [5.41, 5.74) is 5.60. The lowest BCUT2D eigenvalue weighted by atomic mass is 9.95. The lowest BCUT2D eigenvalue weighted by Crippen LogP contribution is -2.46. The van der Waals surface area contributed by atoms with Gasteiger partial charge in [0.25, 0.3) is 0 Å². The molecular formula is C36H41ClFN7O4. The second-order valence-corrected chi connectivity index (χ2v) is 14.8. The molecule has 0 bridgehead atoms. The Labute approximate surface area is 289 Å². The Hall–Kier alpha value is -4.29. The number of carbonyl (C=O) groups is 2. The van der Waals surface area contributed by atoms with E-state index in [-0.39, 0.29) is 35.7 Å². The molecule has 3 fully saturated rings. The second kappa shape index (κ2) is 12.5. The van der Waals surface area contributed by atoms with Crippen LogP contribution in [-0.4, -0.2) is 93.3 Å². The van der Waals surface area contributed by atoms with Crippen molar-refractivity contribution in [3.8, 4) is 17.3 Å². The predicted molar refractivity (Wildman–Crippen MR) is 186 cm³/mol. The number of rotatable bonds is 7. The van der Waals surface area contributed by atoms with Crippen molar-refractivity contribution in [3.63, 3.8) is 0 Å². The highest BCUT2D eigenvalue weighted by atomic mass is 35.5. The number of likely N-dealkylation sites (tertiary alicyclic amines) is 1. The summed E-state index contributed by atoms with van der Waals surface area (Å²) in [5, 5.41) is 2.39. The fourth-order valence-corrected chi connectivity index (χ4v) is 8.04. The van der Waals surface area contributed by atoms with Crippen LogP contribution in [0, 0.1) is 5.82 Å². The van der Waals surface area contributed by atoms with Gasteiger partial charge in [0.05, 0.1) is 17.0 Å². The first kappa shape index (κ1) is 33.2. The number of nitrogens with zero attached hydrogens (tertiary/aromatic N) is 6. The molecule has 258 valence electrons. The van der Waals surface area contributed by atoms with Crippen molar-refractivity contribution >= 4 is 51.1 Å². The monoisotopic (exact) mass is 689 g/mol. The minimum Gasteiger partial charge on any atom is -0.461 e. The number of fused-ring (bicyclic) bond motifs is 3. The number of hydrogen-bond donors (Lipinski definition) is 1. The molecule has 0 aliphatic carbocycles. The molecule has 2 atom stereocenters. The number of benzene rings is 2. The number of likely N-dealkylation sites (N-methyl/N-ethyl adjacent to an activating group) is 1. The molecule has 7 rings (SSSR count). The first-order valence-electron chi connectivity index (χ1n) is 16.8. The number of nitrogens with two attached hydrogens (primary N) is 1. The van der Waals surface area contributed by atoms with Crippen molar-refractivity contribution in [1.29, 1.82) is 0 Å². The summed E-state index contributed by atoms with van der Waals surface area (Å²) < 4.78 is 28.8. The molecule has 4 aromatic rings. The number of halogens is 2. The molecule has 5 heterocycles. The molecule has 49 heavy (non-hydrogen) atoms. The normalized spacial score (nSPS) is 20.6. The summed E-state index contributed by atoms with van der Waals surface area (Å²) in [6.45, 7) is 7.87. The van der Waals surface area contributed by atoms with Crippen molar-refractivity contribution in [3.05, 3.63) is 53.4 Å². The Morgan fingerprint density at radius 3 is 2.53 bits per heavy atom. The molecule has 3 aliphatic rings. The van der Waals surface area contributed by atoms with Crippen molar-refractivity contribution < 1.29 is 23.5 Å². The molecule has 3 saturated heterocycles. The van der Waals surface area contributed by atoms with Crippen LogP contribution in [0.2, 0.25) is 5.02 Å². The number of aromatic nitrogens is 3. The molecule has 3 aliphatic heterocycles. The average molecular weight is 690 g/mol. The highest BCUT2D eigenvalue weighted by Gasteiger charge is 2.46. The van der Waals surface area contributed by atoms with Crippen LogP contribution < -0.4 is 15.4 Å².